The minimum Gasteiger partial charge on any atom is -0.384 e. The molecule has 2 aromatic carbocycles. The third-order valence-corrected chi connectivity index (χ3v) is 4.75. The number of fused-ring (bicyclic) bond motifs is 1. The van der Waals surface area contributed by atoms with Gasteiger partial charge < -0.3 is 5.73 Å². The van der Waals surface area contributed by atoms with Gasteiger partial charge in [0.15, 0.2) is 4.34 Å². The molecule has 0 aliphatic rings. The van der Waals surface area contributed by atoms with Crippen LogP contribution < -0.4 is 5.73 Å². The first kappa shape index (κ1) is 12.2. The number of hydrogen-bond acceptors (Lipinski definition) is 4. The topological polar surface area (TPSA) is 62.8 Å². The highest BCUT2D eigenvalue weighted by Gasteiger charge is 2.05. The Morgan fingerprint density at radius 3 is 2.53 bits per heavy atom. The second-order valence-corrected chi connectivity index (χ2v) is 6.34. The highest BCUT2D eigenvalue weighted by atomic mass is 32.2. The van der Waals surface area contributed by atoms with Gasteiger partial charge in [-0.3, -0.25) is 5.41 Å². The summed E-state index contributed by atoms with van der Waals surface area (Å²) in [4.78, 5) is 5.68. The van der Waals surface area contributed by atoms with Crippen LogP contribution in [0.25, 0.3) is 10.2 Å². The molecule has 0 amide bonds. The number of thiazole rings is 1. The highest BCUT2D eigenvalue weighted by Crippen LogP contribution is 2.34. The highest BCUT2D eigenvalue weighted by molar-refractivity contribution is 8.01. The van der Waals surface area contributed by atoms with E-state index in [4.69, 9.17) is 11.1 Å². The fourth-order valence-electron chi connectivity index (χ4n) is 1.70. The number of rotatable bonds is 3. The van der Waals surface area contributed by atoms with Crippen molar-refractivity contribution < 1.29 is 0 Å². The van der Waals surface area contributed by atoms with Gasteiger partial charge in [0, 0.05) is 10.5 Å². The van der Waals surface area contributed by atoms with E-state index in [-0.39, 0.29) is 5.84 Å². The lowest BCUT2D eigenvalue weighted by Gasteiger charge is -2.00. The average molecular weight is 285 g/mol. The first-order valence-corrected chi connectivity index (χ1v) is 7.33. The maximum atomic E-state index is 7.36. The molecule has 0 fully saturated rings. The van der Waals surface area contributed by atoms with Gasteiger partial charge in [0.05, 0.1) is 10.2 Å². The van der Waals surface area contributed by atoms with Crippen molar-refractivity contribution in [1.29, 1.82) is 5.41 Å². The van der Waals surface area contributed by atoms with Crippen LogP contribution in [0.1, 0.15) is 5.56 Å². The zero-order chi connectivity index (χ0) is 13.2. The predicted molar refractivity (Wildman–Crippen MR) is 81.2 cm³/mol. The lowest BCUT2D eigenvalue weighted by Crippen LogP contribution is -2.10. The van der Waals surface area contributed by atoms with Crippen LogP contribution in [0.4, 0.5) is 0 Å². The molecule has 0 atom stereocenters. The zero-order valence-corrected chi connectivity index (χ0v) is 11.6. The molecule has 3 aromatic rings. The Bertz CT molecular complexity index is 699. The van der Waals surface area contributed by atoms with Crippen molar-refractivity contribution in [2.75, 3.05) is 0 Å². The van der Waals surface area contributed by atoms with Crippen LogP contribution in [-0.4, -0.2) is 10.8 Å². The van der Waals surface area contributed by atoms with Gasteiger partial charge in [-0.2, -0.15) is 0 Å². The Morgan fingerprint density at radius 2 is 1.84 bits per heavy atom. The number of nitrogens with one attached hydrogen (secondary N) is 1. The molecule has 0 radical (unpaired) electrons. The van der Waals surface area contributed by atoms with Crippen molar-refractivity contribution in [2.24, 2.45) is 5.73 Å². The van der Waals surface area contributed by atoms with Gasteiger partial charge >= 0.3 is 0 Å². The van der Waals surface area contributed by atoms with Crippen molar-refractivity contribution >= 4 is 39.2 Å². The number of amidine groups is 1. The largest absolute Gasteiger partial charge is 0.384 e. The molecule has 3 N–H and O–H groups in total. The van der Waals surface area contributed by atoms with E-state index in [1.165, 1.54) is 4.70 Å². The fraction of sp³-hybridized carbons (Fsp3) is 0. The normalized spacial score (nSPS) is 10.7. The third kappa shape index (κ3) is 2.62. The molecular formula is C14H11N3S2. The van der Waals surface area contributed by atoms with Gasteiger partial charge in [-0.15, -0.1) is 11.3 Å². The van der Waals surface area contributed by atoms with Crippen LogP contribution in [-0.2, 0) is 0 Å². The van der Waals surface area contributed by atoms with E-state index >= 15 is 0 Å². The third-order valence-electron chi connectivity index (χ3n) is 2.64. The molecule has 3 rings (SSSR count). The van der Waals surface area contributed by atoms with Gasteiger partial charge in [0.2, 0.25) is 0 Å². The monoisotopic (exact) mass is 285 g/mol. The van der Waals surface area contributed by atoms with E-state index in [1.807, 2.05) is 42.5 Å². The first-order valence-electron chi connectivity index (χ1n) is 5.70. The van der Waals surface area contributed by atoms with Gasteiger partial charge in [-0.25, -0.2) is 4.98 Å². The molecule has 0 saturated heterocycles. The van der Waals surface area contributed by atoms with Gasteiger partial charge in [-0.1, -0.05) is 36.0 Å². The molecule has 0 aliphatic carbocycles. The molecule has 3 nitrogen and oxygen atoms in total. The van der Waals surface area contributed by atoms with Crippen LogP contribution in [0.3, 0.4) is 0 Å². The van der Waals surface area contributed by atoms with E-state index < -0.39 is 0 Å². The SMILES string of the molecule is N=C(N)c1ccc(Sc2nc3ccccc3s2)cc1. The number of nitrogens with zero attached hydrogens (tertiary/aromatic N) is 1. The molecule has 0 aliphatic heterocycles. The van der Waals surface area contributed by atoms with Crippen LogP contribution >= 0.6 is 23.1 Å². The number of aromatic nitrogens is 1. The summed E-state index contributed by atoms with van der Waals surface area (Å²) in [5, 5.41) is 7.36. The molecule has 5 heteroatoms. The number of hydrogen-bond donors (Lipinski definition) is 2. The summed E-state index contributed by atoms with van der Waals surface area (Å²) in [7, 11) is 0. The lowest BCUT2D eigenvalue weighted by molar-refractivity contribution is 1.29. The van der Waals surface area contributed by atoms with E-state index in [0.29, 0.717) is 0 Å². The summed E-state index contributed by atoms with van der Waals surface area (Å²) in [6, 6.07) is 15.8. The van der Waals surface area contributed by atoms with E-state index in [2.05, 4.69) is 11.1 Å². The van der Waals surface area contributed by atoms with Crippen molar-refractivity contribution in [3.8, 4) is 0 Å². The molecule has 19 heavy (non-hydrogen) atoms. The zero-order valence-electron chi connectivity index (χ0n) is 9.96. The molecule has 0 bridgehead atoms. The van der Waals surface area contributed by atoms with Gasteiger partial charge in [0.25, 0.3) is 0 Å². The van der Waals surface area contributed by atoms with Crippen molar-refractivity contribution in [3.05, 3.63) is 54.1 Å². The molecule has 1 heterocycles. The predicted octanol–water partition coefficient (Wildman–Crippen LogP) is 3.73. The number of benzene rings is 2. The minimum absolute atomic E-state index is 0.0940. The maximum Gasteiger partial charge on any atom is 0.155 e. The summed E-state index contributed by atoms with van der Waals surface area (Å²) in [5.41, 5.74) is 7.22. The summed E-state index contributed by atoms with van der Waals surface area (Å²) in [6.07, 6.45) is 0. The average Bonchev–Trinajstić information content (AvgIpc) is 2.81. The molecule has 0 spiro atoms. The fourth-order valence-corrected chi connectivity index (χ4v) is 3.74. The van der Waals surface area contributed by atoms with Gasteiger partial charge in [-0.05, 0) is 24.3 Å². The quantitative estimate of drug-likeness (QED) is 0.569. The first-order chi connectivity index (χ1) is 9.22. The molecule has 94 valence electrons. The van der Waals surface area contributed by atoms with Crippen LogP contribution in [0.5, 0.6) is 0 Å². The van der Waals surface area contributed by atoms with Crippen LogP contribution in [0.2, 0.25) is 0 Å². The van der Waals surface area contributed by atoms with Crippen molar-refractivity contribution in [2.45, 2.75) is 9.24 Å². The standard InChI is InChI=1S/C14H11N3S2/c15-13(16)9-5-7-10(8-6-9)18-14-17-11-3-1-2-4-12(11)19-14/h1-8H,(H3,15,16). The van der Waals surface area contributed by atoms with Crippen LogP contribution in [0, 0.1) is 5.41 Å². The van der Waals surface area contributed by atoms with Crippen LogP contribution in [0.15, 0.2) is 57.8 Å². The number of nitrogens with two attached hydrogens (primary N) is 1. The Hall–Kier alpha value is -1.85. The molecule has 0 saturated carbocycles. The smallest absolute Gasteiger partial charge is 0.155 e. The van der Waals surface area contributed by atoms with E-state index in [1.54, 1.807) is 23.1 Å². The minimum atomic E-state index is 0.0940. The number of nitrogen functional groups attached to an aromatic ring is 1. The summed E-state index contributed by atoms with van der Waals surface area (Å²) in [6.45, 7) is 0. The Labute approximate surface area is 119 Å². The Kier molecular flexibility index (Phi) is 3.23. The maximum absolute atomic E-state index is 7.36. The van der Waals surface area contributed by atoms with E-state index in [0.717, 1.165) is 20.3 Å². The number of para-hydroxylation sites is 1. The van der Waals surface area contributed by atoms with Crippen molar-refractivity contribution in [1.82, 2.24) is 4.98 Å². The molecule has 0 unspecified atom stereocenters. The second kappa shape index (κ2) is 5.03. The van der Waals surface area contributed by atoms with Crippen molar-refractivity contribution in [3.63, 3.8) is 0 Å². The Morgan fingerprint density at radius 1 is 1.11 bits per heavy atom. The summed E-state index contributed by atoms with van der Waals surface area (Å²) in [5.74, 6) is 0.0940. The summed E-state index contributed by atoms with van der Waals surface area (Å²) >= 11 is 3.32. The van der Waals surface area contributed by atoms with E-state index in [9.17, 15) is 0 Å². The second-order valence-electron chi connectivity index (χ2n) is 3.99. The summed E-state index contributed by atoms with van der Waals surface area (Å²) < 4.78 is 2.22. The lowest BCUT2D eigenvalue weighted by atomic mass is 10.2. The molecule has 1 aromatic heterocycles. The molecular weight excluding hydrogens is 274 g/mol. The Balaban J connectivity index is 1.86. The van der Waals surface area contributed by atoms with Gasteiger partial charge in [0.1, 0.15) is 5.84 Å².